The zero-order valence-corrected chi connectivity index (χ0v) is 14.8. The molecule has 2 aromatic rings. The Bertz CT molecular complexity index is 707. The molecule has 0 saturated carbocycles. The van der Waals surface area contributed by atoms with Crippen molar-refractivity contribution in [3.05, 3.63) is 66.2 Å². The number of carbonyl (C=O) groups is 1. The second-order valence-electron chi connectivity index (χ2n) is 6.22. The van der Waals surface area contributed by atoms with Crippen molar-refractivity contribution in [2.75, 3.05) is 17.6 Å². The molecule has 0 spiro atoms. The first kappa shape index (κ1) is 18.6. The Hall–Kier alpha value is -2.75. The smallest absolute Gasteiger partial charge is 0.224 e. The Labute approximate surface area is 150 Å². The Morgan fingerprint density at radius 1 is 1.04 bits per heavy atom. The topological polar surface area (TPSA) is 67.2 Å². The van der Waals surface area contributed by atoms with Crippen molar-refractivity contribution in [3.8, 4) is 0 Å². The number of nitrogens with two attached hydrogens (primary N) is 1. The molecule has 25 heavy (non-hydrogen) atoms. The lowest BCUT2D eigenvalue weighted by Crippen LogP contribution is -2.14. The van der Waals surface area contributed by atoms with Crippen LogP contribution in [0.5, 0.6) is 0 Å². The van der Waals surface area contributed by atoms with Crippen LogP contribution in [0.15, 0.2) is 55.1 Å². The molecule has 4 N–H and O–H groups in total. The fraction of sp³-hybridized carbons (Fsp3) is 0.286. The third-order valence-corrected chi connectivity index (χ3v) is 4.05. The van der Waals surface area contributed by atoms with E-state index < -0.39 is 0 Å². The van der Waals surface area contributed by atoms with E-state index in [9.17, 15) is 4.79 Å². The minimum Gasteiger partial charge on any atom is -0.397 e. The third kappa shape index (κ3) is 6.34. The molecule has 0 aliphatic rings. The summed E-state index contributed by atoms with van der Waals surface area (Å²) in [4.78, 5) is 11.9. The van der Waals surface area contributed by atoms with Crippen LogP contribution in [0.25, 0.3) is 5.70 Å². The van der Waals surface area contributed by atoms with Gasteiger partial charge in [0, 0.05) is 18.7 Å². The molecule has 2 rings (SSSR count). The Morgan fingerprint density at radius 2 is 1.76 bits per heavy atom. The van der Waals surface area contributed by atoms with Gasteiger partial charge in [-0.25, -0.2) is 0 Å². The van der Waals surface area contributed by atoms with Gasteiger partial charge in [0.1, 0.15) is 0 Å². The average Bonchev–Trinajstić information content (AvgIpc) is 2.60. The van der Waals surface area contributed by atoms with Crippen LogP contribution in [0.4, 0.5) is 11.4 Å². The molecule has 0 fully saturated rings. The molecular formula is C21H27N3O. The minimum absolute atomic E-state index is 0.00919. The van der Waals surface area contributed by atoms with Crippen molar-refractivity contribution in [2.45, 2.75) is 32.6 Å². The van der Waals surface area contributed by atoms with Gasteiger partial charge in [-0.3, -0.25) is 4.79 Å². The van der Waals surface area contributed by atoms with Crippen LogP contribution in [-0.2, 0) is 4.79 Å². The van der Waals surface area contributed by atoms with Gasteiger partial charge in [-0.2, -0.15) is 0 Å². The lowest BCUT2D eigenvalue weighted by atomic mass is 10.1. The fourth-order valence-electron chi connectivity index (χ4n) is 2.51. The number of hydrogen-bond acceptors (Lipinski definition) is 3. The summed E-state index contributed by atoms with van der Waals surface area (Å²) in [6, 6.07) is 15.6. The van der Waals surface area contributed by atoms with Crippen molar-refractivity contribution in [1.82, 2.24) is 5.32 Å². The lowest BCUT2D eigenvalue weighted by molar-refractivity contribution is -0.116. The van der Waals surface area contributed by atoms with E-state index in [1.165, 1.54) is 5.56 Å². The van der Waals surface area contributed by atoms with Crippen molar-refractivity contribution < 1.29 is 4.79 Å². The summed E-state index contributed by atoms with van der Waals surface area (Å²) in [5.41, 5.74) is 10.4. The maximum absolute atomic E-state index is 11.9. The van der Waals surface area contributed by atoms with Crippen LogP contribution < -0.4 is 16.4 Å². The predicted octanol–water partition coefficient (Wildman–Crippen LogP) is 4.34. The molecule has 0 aliphatic carbocycles. The number of hydrogen-bond donors (Lipinski definition) is 3. The van der Waals surface area contributed by atoms with Crippen LogP contribution in [0.1, 0.15) is 36.8 Å². The van der Waals surface area contributed by atoms with Gasteiger partial charge in [-0.1, -0.05) is 55.0 Å². The summed E-state index contributed by atoms with van der Waals surface area (Å²) in [5, 5.41) is 6.19. The molecule has 0 saturated heterocycles. The number of benzene rings is 2. The first-order valence-corrected chi connectivity index (χ1v) is 8.70. The molecule has 4 nitrogen and oxygen atoms in total. The normalized spacial score (nSPS) is 10.3. The number of para-hydroxylation sites is 2. The summed E-state index contributed by atoms with van der Waals surface area (Å²) in [6.45, 7) is 7.00. The highest BCUT2D eigenvalue weighted by molar-refractivity contribution is 5.93. The molecule has 0 atom stereocenters. The molecule has 0 radical (unpaired) electrons. The van der Waals surface area contributed by atoms with Gasteiger partial charge in [0.2, 0.25) is 5.91 Å². The maximum Gasteiger partial charge on any atom is 0.224 e. The quantitative estimate of drug-likeness (QED) is 0.471. The molecule has 1 amide bonds. The number of amides is 1. The number of aryl methyl sites for hydroxylation is 1. The second kappa shape index (κ2) is 9.52. The number of anilines is 2. The molecule has 0 heterocycles. The number of unbranched alkanes of at least 4 members (excludes halogenated alkanes) is 2. The van der Waals surface area contributed by atoms with E-state index in [-0.39, 0.29) is 5.91 Å². The molecule has 132 valence electrons. The highest BCUT2D eigenvalue weighted by Gasteiger charge is 2.04. The summed E-state index contributed by atoms with van der Waals surface area (Å²) in [5.74, 6) is 0.00919. The monoisotopic (exact) mass is 337 g/mol. The zero-order chi connectivity index (χ0) is 18.1. The summed E-state index contributed by atoms with van der Waals surface area (Å²) < 4.78 is 0. The van der Waals surface area contributed by atoms with Gasteiger partial charge in [0.05, 0.1) is 11.4 Å². The molecule has 0 unspecified atom stereocenters. The molecule has 0 bridgehead atoms. The first-order chi connectivity index (χ1) is 12.1. The van der Waals surface area contributed by atoms with Gasteiger partial charge in [0.15, 0.2) is 0 Å². The van der Waals surface area contributed by atoms with E-state index in [0.29, 0.717) is 17.8 Å². The fourth-order valence-corrected chi connectivity index (χ4v) is 2.51. The van der Waals surface area contributed by atoms with Crippen molar-refractivity contribution in [3.63, 3.8) is 0 Å². The van der Waals surface area contributed by atoms with Gasteiger partial charge >= 0.3 is 0 Å². The Balaban J connectivity index is 1.58. The summed E-state index contributed by atoms with van der Waals surface area (Å²) in [6.07, 6.45) is 3.36. The van der Waals surface area contributed by atoms with E-state index in [2.05, 4.69) is 48.4 Å². The number of carbonyl (C=O) groups excluding carboxylic acids is 1. The Kier molecular flexibility index (Phi) is 7.08. The summed E-state index contributed by atoms with van der Waals surface area (Å²) in [7, 11) is 0. The highest BCUT2D eigenvalue weighted by atomic mass is 16.1. The van der Waals surface area contributed by atoms with E-state index >= 15 is 0 Å². The van der Waals surface area contributed by atoms with Crippen LogP contribution in [0.2, 0.25) is 0 Å². The van der Waals surface area contributed by atoms with Crippen LogP contribution >= 0.6 is 0 Å². The second-order valence-corrected chi connectivity index (χ2v) is 6.22. The van der Waals surface area contributed by atoms with Crippen LogP contribution in [-0.4, -0.2) is 12.5 Å². The van der Waals surface area contributed by atoms with Gasteiger partial charge in [-0.15, -0.1) is 0 Å². The van der Waals surface area contributed by atoms with Crippen LogP contribution in [0, 0.1) is 6.92 Å². The number of nitrogen functional groups attached to an aromatic ring is 1. The molecular weight excluding hydrogens is 310 g/mol. The largest absolute Gasteiger partial charge is 0.397 e. The Morgan fingerprint density at radius 3 is 2.48 bits per heavy atom. The molecule has 0 aromatic heterocycles. The SMILES string of the molecule is C=C(NCCCCCC(=O)Nc1ccccc1N)c1ccc(C)cc1. The molecule has 4 heteroatoms. The first-order valence-electron chi connectivity index (χ1n) is 8.70. The van der Waals surface area contributed by atoms with Gasteiger partial charge < -0.3 is 16.4 Å². The van der Waals surface area contributed by atoms with Crippen molar-refractivity contribution in [1.29, 1.82) is 0 Å². The van der Waals surface area contributed by atoms with E-state index in [1.807, 2.05) is 18.2 Å². The summed E-state index contributed by atoms with van der Waals surface area (Å²) >= 11 is 0. The minimum atomic E-state index is 0.00919. The maximum atomic E-state index is 11.9. The predicted molar refractivity (Wildman–Crippen MR) is 106 cm³/mol. The van der Waals surface area contributed by atoms with E-state index in [0.717, 1.165) is 37.1 Å². The molecule has 2 aromatic carbocycles. The van der Waals surface area contributed by atoms with E-state index in [4.69, 9.17) is 5.73 Å². The standard InChI is InChI=1S/C21H27N3O/c1-16-11-13-18(14-12-16)17(2)23-15-7-3-4-10-21(25)24-20-9-6-5-8-19(20)22/h5-6,8-9,11-14,23H,2-4,7,10,15,22H2,1H3,(H,24,25). The van der Waals surface area contributed by atoms with E-state index in [1.54, 1.807) is 6.07 Å². The number of nitrogens with one attached hydrogen (secondary N) is 2. The average molecular weight is 337 g/mol. The zero-order valence-electron chi connectivity index (χ0n) is 14.8. The van der Waals surface area contributed by atoms with Gasteiger partial charge in [-0.05, 0) is 37.5 Å². The van der Waals surface area contributed by atoms with Gasteiger partial charge in [0.25, 0.3) is 0 Å². The third-order valence-electron chi connectivity index (χ3n) is 4.05. The highest BCUT2D eigenvalue weighted by Crippen LogP contribution is 2.17. The van der Waals surface area contributed by atoms with Crippen molar-refractivity contribution in [2.24, 2.45) is 0 Å². The molecule has 0 aliphatic heterocycles. The van der Waals surface area contributed by atoms with Crippen molar-refractivity contribution >= 4 is 23.0 Å². The van der Waals surface area contributed by atoms with Crippen LogP contribution in [0.3, 0.4) is 0 Å². The lowest BCUT2D eigenvalue weighted by Gasteiger charge is -2.10. The number of rotatable bonds is 9.